The SMILES string of the molecule is CC(C)Cc1ccc(C2(C)CC2CNC(C)C)cc1. The zero-order valence-corrected chi connectivity index (χ0v) is 13.2. The summed E-state index contributed by atoms with van der Waals surface area (Å²) in [5, 5.41) is 3.57. The second-order valence-corrected chi connectivity index (χ2v) is 7.18. The van der Waals surface area contributed by atoms with E-state index in [2.05, 4.69) is 64.2 Å². The molecule has 0 aromatic heterocycles. The van der Waals surface area contributed by atoms with Gasteiger partial charge in [0.15, 0.2) is 0 Å². The first kappa shape index (κ1) is 14.6. The molecule has 0 heterocycles. The first-order valence-electron chi connectivity index (χ1n) is 7.74. The number of hydrogen-bond donors (Lipinski definition) is 1. The highest BCUT2D eigenvalue weighted by Gasteiger charge is 2.50. The number of benzene rings is 1. The van der Waals surface area contributed by atoms with E-state index in [-0.39, 0.29) is 0 Å². The van der Waals surface area contributed by atoms with Crippen LogP contribution in [0.15, 0.2) is 24.3 Å². The predicted molar refractivity (Wildman–Crippen MR) is 83.6 cm³/mol. The van der Waals surface area contributed by atoms with Gasteiger partial charge in [-0.3, -0.25) is 0 Å². The quantitative estimate of drug-likeness (QED) is 0.809. The second-order valence-electron chi connectivity index (χ2n) is 7.18. The van der Waals surface area contributed by atoms with Crippen LogP contribution < -0.4 is 5.32 Å². The Kier molecular flexibility index (Phi) is 4.35. The van der Waals surface area contributed by atoms with E-state index in [0.29, 0.717) is 11.5 Å². The summed E-state index contributed by atoms with van der Waals surface area (Å²) in [5.74, 6) is 1.55. The van der Waals surface area contributed by atoms with Gasteiger partial charge in [0.2, 0.25) is 0 Å². The van der Waals surface area contributed by atoms with Crippen LogP contribution in [0.3, 0.4) is 0 Å². The molecule has 1 heteroatoms. The molecule has 1 N–H and O–H groups in total. The largest absolute Gasteiger partial charge is 0.314 e. The van der Waals surface area contributed by atoms with Gasteiger partial charge in [-0.25, -0.2) is 0 Å². The number of nitrogens with one attached hydrogen (secondary N) is 1. The van der Waals surface area contributed by atoms with Crippen molar-refractivity contribution in [3.8, 4) is 0 Å². The number of rotatable bonds is 6. The van der Waals surface area contributed by atoms with Crippen LogP contribution >= 0.6 is 0 Å². The molecule has 2 atom stereocenters. The van der Waals surface area contributed by atoms with Crippen molar-refractivity contribution >= 4 is 0 Å². The molecule has 0 radical (unpaired) electrons. The van der Waals surface area contributed by atoms with Gasteiger partial charge in [-0.05, 0) is 47.8 Å². The van der Waals surface area contributed by atoms with Crippen LogP contribution in [-0.2, 0) is 11.8 Å². The highest BCUT2D eigenvalue weighted by Crippen LogP contribution is 2.53. The lowest BCUT2D eigenvalue weighted by atomic mass is 9.93. The molecule has 1 nitrogen and oxygen atoms in total. The fraction of sp³-hybridized carbons (Fsp3) is 0.667. The Morgan fingerprint density at radius 2 is 1.79 bits per heavy atom. The van der Waals surface area contributed by atoms with Crippen LogP contribution in [0.5, 0.6) is 0 Å². The Balaban J connectivity index is 1.95. The van der Waals surface area contributed by atoms with Crippen LogP contribution in [0.2, 0.25) is 0 Å². The molecule has 0 aliphatic heterocycles. The average Bonchev–Trinajstić information content (AvgIpc) is 2.99. The normalized spacial score (nSPS) is 26.2. The molecule has 1 aromatic rings. The van der Waals surface area contributed by atoms with E-state index in [9.17, 15) is 0 Å². The van der Waals surface area contributed by atoms with Gasteiger partial charge in [0.1, 0.15) is 0 Å². The van der Waals surface area contributed by atoms with Gasteiger partial charge in [0.05, 0.1) is 0 Å². The molecule has 2 unspecified atom stereocenters. The van der Waals surface area contributed by atoms with Gasteiger partial charge in [-0.15, -0.1) is 0 Å². The van der Waals surface area contributed by atoms with Crippen molar-refractivity contribution in [3.63, 3.8) is 0 Å². The lowest BCUT2D eigenvalue weighted by Crippen LogP contribution is -2.26. The van der Waals surface area contributed by atoms with E-state index in [4.69, 9.17) is 0 Å². The van der Waals surface area contributed by atoms with E-state index in [1.54, 1.807) is 0 Å². The van der Waals surface area contributed by atoms with E-state index in [1.165, 1.54) is 24.0 Å². The summed E-state index contributed by atoms with van der Waals surface area (Å²) in [6.45, 7) is 12.6. The van der Waals surface area contributed by atoms with Gasteiger partial charge in [-0.1, -0.05) is 58.9 Å². The van der Waals surface area contributed by atoms with Gasteiger partial charge in [0.25, 0.3) is 0 Å². The lowest BCUT2D eigenvalue weighted by molar-refractivity contribution is 0.528. The maximum absolute atomic E-state index is 3.57. The van der Waals surface area contributed by atoms with E-state index in [0.717, 1.165) is 18.4 Å². The molecule has 1 aliphatic rings. The number of hydrogen-bond acceptors (Lipinski definition) is 1. The van der Waals surface area contributed by atoms with Crippen molar-refractivity contribution in [2.45, 2.75) is 58.9 Å². The Morgan fingerprint density at radius 3 is 2.32 bits per heavy atom. The molecule has 1 aromatic carbocycles. The molecule has 106 valence electrons. The third-order valence-electron chi connectivity index (χ3n) is 4.44. The van der Waals surface area contributed by atoms with Crippen LogP contribution in [0.4, 0.5) is 0 Å². The predicted octanol–water partition coefficient (Wildman–Crippen LogP) is 4.16. The average molecular weight is 259 g/mol. The summed E-state index contributed by atoms with van der Waals surface area (Å²) < 4.78 is 0. The maximum Gasteiger partial charge on any atom is 0.00104 e. The summed E-state index contributed by atoms with van der Waals surface area (Å²) >= 11 is 0. The molecule has 19 heavy (non-hydrogen) atoms. The minimum absolute atomic E-state index is 0.415. The van der Waals surface area contributed by atoms with Crippen molar-refractivity contribution < 1.29 is 0 Å². The molecular weight excluding hydrogens is 230 g/mol. The van der Waals surface area contributed by atoms with Crippen LogP contribution in [0, 0.1) is 11.8 Å². The molecule has 1 fully saturated rings. The van der Waals surface area contributed by atoms with Crippen molar-refractivity contribution in [1.82, 2.24) is 5.32 Å². The monoisotopic (exact) mass is 259 g/mol. The Labute approximate surface area is 118 Å². The first-order valence-corrected chi connectivity index (χ1v) is 7.74. The molecule has 0 saturated heterocycles. The van der Waals surface area contributed by atoms with Crippen LogP contribution in [-0.4, -0.2) is 12.6 Å². The van der Waals surface area contributed by atoms with Gasteiger partial charge >= 0.3 is 0 Å². The Morgan fingerprint density at radius 1 is 1.16 bits per heavy atom. The summed E-state index contributed by atoms with van der Waals surface area (Å²) in [6.07, 6.45) is 2.52. The van der Waals surface area contributed by atoms with Crippen molar-refractivity contribution in [1.29, 1.82) is 0 Å². The van der Waals surface area contributed by atoms with E-state index in [1.807, 2.05) is 0 Å². The molecule has 0 spiro atoms. The third-order valence-corrected chi connectivity index (χ3v) is 4.44. The Bertz CT molecular complexity index is 404. The third kappa shape index (κ3) is 3.60. The fourth-order valence-corrected chi connectivity index (χ4v) is 2.97. The molecule has 0 bridgehead atoms. The molecule has 0 amide bonds. The molecule has 2 rings (SSSR count). The second kappa shape index (κ2) is 5.66. The molecule has 1 aliphatic carbocycles. The van der Waals surface area contributed by atoms with Gasteiger partial charge < -0.3 is 5.32 Å². The Hall–Kier alpha value is -0.820. The zero-order valence-electron chi connectivity index (χ0n) is 13.2. The summed E-state index contributed by atoms with van der Waals surface area (Å²) in [7, 11) is 0. The van der Waals surface area contributed by atoms with Crippen LogP contribution in [0.1, 0.15) is 52.2 Å². The van der Waals surface area contributed by atoms with Gasteiger partial charge in [0, 0.05) is 6.04 Å². The van der Waals surface area contributed by atoms with Gasteiger partial charge in [-0.2, -0.15) is 0 Å². The fourth-order valence-electron chi connectivity index (χ4n) is 2.97. The summed E-state index contributed by atoms with van der Waals surface area (Å²) in [4.78, 5) is 0. The summed E-state index contributed by atoms with van der Waals surface area (Å²) in [5.41, 5.74) is 3.41. The van der Waals surface area contributed by atoms with E-state index < -0.39 is 0 Å². The summed E-state index contributed by atoms with van der Waals surface area (Å²) in [6, 6.07) is 9.95. The molecular formula is C18H29N. The maximum atomic E-state index is 3.57. The van der Waals surface area contributed by atoms with Crippen molar-refractivity contribution in [3.05, 3.63) is 35.4 Å². The highest BCUT2D eigenvalue weighted by atomic mass is 14.9. The van der Waals surface area contributed by atoms with Crippen LogP contribution in [0.25, 0.3) is 0 Å². The standard InChI is InChI=1S/C18H29N/c1-13(2)10-15-6-8-16(9-7-15)18(5)11-17(18)12-19-14(3)4/h6-9,13-14,17,19H,10-12H2,1-5H3. The smallest absolute Gasteiger partial charge is 0.00104 e. The minimum atomic E-state index is 0.415. The first-order chi connectivity index (χ1) is 8.91. The van der Waals surface area contributed by atoms with E-state index >= 15 is 0 Å². The lowest BCUT2D eigenvalue weighted by Gasteiger charge is -2.15. The topological polar surface area (TPSA) is 12.0 Å². The van der Waals surface area contributed by atoms with Crippen molar-refractivity contribution in [2.24, 2.45) is 11.8 Å². The zero-order chi connectivity index (χ0) is 14.0. The highest BCUT2D eigenvalue weighted by molar-refractivity contribution is 5.35. The molecule has 1 saturated carbocycles. The van der Waals surface area contributed by atoms with Crippen molar-refractivity contribution in [2.75, 3.05) is 6.54 Å². The minimum Gasteiger partial charge on any atom is -0.314 e.